The van der Waals surface area contributed by atoms with Crippen molar-refractivity contribution < 1.29 is 4.79 Å². The van der Waals surface area contributed by atoms with E-state index in [9.17, 15) is 4.79 Å². The molecule has 1 aromatic heterocycles. The summed E-state index contributed by atoms with van der Waals surface area (Å²) in [5, 5.41) is 11.1. The summed E-state index contributed by atoms with van der Waals surface area (Å²) in [7, 11) is 1.69. The number of anilines is 1. The molecule has 1 aromatic carbocycles. The number of hydrogen-bond acceptors (Lipinski definition) is 3. The van der Waals surface area contributed by atoms with Crippen molar-refractivity contribution in [3.8, 4) is 0 Å². The van der Waals surface area contributed by atoms with Crippen LogP contribution in [0.25, 0.3) is 0 Å². The molecule has 0 bridgehead atoms. The Morgan fingerprint density at radius 1 is 1.13 bits per heavy atom. The molecule has 0 atom stereocenters. The number of para-hydroxylation sites is 1. The van der Waals surface area contributed by atoms with Crippen LogP contribution in [0, 0.1) is 0 Å². The van der Waals surface area contributed by atoms with Gasteiger partial charge in [0.1, 0.15) is 0 Å². The van der Waals surface area contributed by atoms with Gasteiger partial charge in [-0.25, -0.2) is 0 Å². The Kier molecular flexibility index (Phi) is 9.30. The van der Waals surface area contributed by atoms with Crippen LogP contribution in [0.15, 0.2) is 52.8 Å². The largest absolute Gasteiger partial charge is 0.356 e. The van der Waals surface area contributed by atoms with Gasteiger partial charge in [-0.3, -0.25) is 9.79 Å². The Labute approximate surface area is 157 Å². The smallest absolute Gasteiger partial charge is 0.243 e. The molecule has 7 heteroatoms. The van der Waals surface area contributed by atoms with Crippen molar-refractivity contribution >= 4 is 52.9 Å². The first-order valence-corrected chi connectivity index (χ1v) is 7.97. The van der Waals surface area contributed by atoms with Crippen LogP contribution in [0.5, 0.6) is 0 Å². The van der Waals surface area contributed by atoms with Crippen LogP contribution in [-0.2, 0) is 11.2 Å². The molecule has 1 amide bonds. The molecule has 0 aliphatic heterocycles. The summed E-state index contributed by atoms with van der Waals surface area (Å²) in [6.45, 7) is 0.952. The zero-order valence-electron chi connectivity index (χ0n) is 12.9. The molecule has 3 N–H and O–H groups in total. The highest BCUT2D eigenvalue weighted by Crippen LogP contribution is 2.08. The lowest BCUT2D eigenvalue weighted by molar-refractivity contribution is -0.115. The number of hydrogen-bond donors (Lipinski definition) is 3. The summed E-state index contributed by atoms with van der Waals surface area (Å²) >= 11 is 1.74. The SMILES string of the molecule is CN=C(NCCc1cccs1)NCC(=O)Nc1ccccc1.I. The fourth-order valence-corrected chi connectivity index (χ4v) is 2.58. The van der Waals surface area contributed by atoms with Gasteiger partial charge in [0, 0.05) is 24.2 Å². The molecular formula is C16H21IN4OS. The van der Waals surface area contributed by atoms with Crippen molar-refractivity contribution in [2.24, 2.45) is 4.99 Å². The topological polar surface area (TPSA) is 65.5 Å². The molecule has 0 radical (unpaired) electrons. The molecule has 0 saturated heterocycles. The maximum atomic E-state index is 11.8. The number of halogens is 1. The molecule has 5 nitrogen and oxygen atoms in total. The summed E-state index contributed by atoms with van der Waals surface area (Å²) in [5.41, 5.74) is 0.787. The lowest BCUT2D eigenvalue weighted by Crippen LogP contribution is -2.42. The first-order valence-electron chi connectivity index (χ1n) is 7.10. The molecule has 0 saturated carbocycles. The number of carbonyl (C=O) groups excluding carboxylic acids is 1. The van der Waals surface area contributed by atoms with Gasteiger partial charge in [-0.15, -0.1) is 35.3 Å². The van der Waals surface area contributed by atoms with Gasteiger partial charge < -0.3 is 16.0 Å². The first-order chi connectivity index (χ1) is 10.8. The van der Waals surface area contributed by atoms with E-state index in [2.05, 4.69) is 32.4 Å². The molecule has 1 heterocycles. The monoisotopic (exact) mass is 444 g/mol. The minimum atomic E-state index is -0.104. The molecular weight excluding hydrogens is 423 g/mol. The van der Waals surface area contributed by atoms with Gasteiger partial charge in [-0.05, 0) is 30.0 Å². The van der Waals surface area contributed by atoms with Gasteiger partial charge in [-0.2, -0.15) is 0 Å². The van der Waals surface area contributed by atoms with E-state index in [1.165, 1.54) is 4.88 Å². The summed E-state index contributed by atoms with van der Waals surface area (Å²) in [5.74, 6) is 0.521. The molecule has 0 spiro atoms. The van der Waals surface area contributed by atoms with Crippen LogP contribution in [0.2, 0.25) is 0 Å². The van der Waals surface area contributed by atoms with Crippen LogP contribution >= 0.6 is 35.3 Å². The summed E-state index contributed by atoms with van der Waals surface area (Å²) in [6, 6.07) is 13.5. The summed E-state index contributed by atoms with van der Waals surface area (Å²) in [6.07, 6.45) is 0.939. The highest BCUT2D eigenvalue weighted by molar-refractivity contribution is 14.0. The Morgan fingerprint density at radius 3 is 2.57 bits per heavy atom. The standard InChI is InChI=1S/C16H20N4OS.HI/c1-17-16(18-10-9-14-8-5-11-22-14)19-12-15(21)20-13-6-3-2-4-7-13;/h2-8,11H,9-10,12H2,1H3,(H,20,21)(H2,17,18,19);1H. The van der Waals surface area contributed by atoms with Crippen molar-refractivity contribution in [1.29, 1.82) is 0 Å². The van der Waals surface area contributed by atoms with Crippen LogP contribution in [0.3, 0.4) is 0 Å². The van der Waals surface area contributed by atoms with E-state index in [1.807, 2.05) is 36.4 Å². The minimum Gasteiger partial charge on any atom is -0.356 e. The zero-order chi connectivity index (χ0) is 15.6. The Balaban J connectivity index is 0.00000264. The predicted molar refractivity (Wildman–Crippen MR) is 108 cm³/mol. The second-order valence-corrected chi connectivity index (χ2v) is 5.63. The number of aliphatic imine (C=N–C) groups is 1. The number of rotatable bonds is 6. The maximum absolute atomic E-state index is 11.8. The predicted octanol–water partition coefficient (Wildman–Crippen LogP) is 2.71. The van der Waals surface area contributed by atoms with Gasteiger partial charge in [0.15, 0.2) is 5.96 Å². The number of nitrogens with zero attached hydrogens (tertiary/aromatic N) is 1. The number of guanidine groups is 1. The van der Waals surface area contributed by atoms with Crippen LogP contribution in [0.1, 0.15) is 4.88 Å². The quantitative estimate of drug-likeness (QED) is 0.365. The van der Waals surface area contributed by atoms with E-state index < -0.39 is 0 Å². The first kappa shape index (κ1) is 19.4. The van der Waals surface area contributed by atoms with Crippen LogP contribution < -0.4 is 16.0 Å². The van der Waals surface area contributed by atoms with E-state index in [0.717, 1.165) is 18.7 Å². The van der Waals surface area contributed by atoms with Crippen molar-refractivity contribution in [2.45, 2.75) is 6.42 Å². The highest BCUT2D eigenvalue weighted by atomic mass is 127. The third kappa shape index (κ3) is 7.47. The molecule has 2 rings (SSSR count). The van der Waals surface area contributed by atoms with Gasteiger partial charge in [0.25, 0.3) is 0 Å². The molecule has 2 aromatic rings. The van der Waals surface area contributed by atoms with Gasteiger partial charge >= 0.3 is 0 Å². The maximum Gasteiger partial charge on any atom is 0.243 e. The Bertz CT molecular complexity index is 602. The number of nitrogens with one attached hydrogen (secondary N) is 3. The van der Waals surface area contributed by atoms with E-state index in [4.69, 9.17) is 0 Å². The fourth-order valence-electron chi connectivity index (χ4n) is 1.87. The van der Waals surface area contributed by atoms with Crippen molar-refractivity contribution in [2.75, 3.05) is 25.5 Å². The molecule has 0 unspecified atom stereocenters. The number of benzene rings is 1. The number of carbonyl (C=O) groups is 1. The highest BCUT2D eigenvalue weighted by Gasteiger charge is 2.04. The third-order valence-electron chi connectivity index (χ3n) is 2.94. The number of thiophene rings is 1. The molecule has 0 aliphatic carbocycles. The van der Waals surface area contributed by atoms with Crippen LogP contribution in [0.4, 0.5) is 5.69 Å². The average molecular weight is 444 g/mol. The second-order valence-electron chi connectivity index (χ2n) is 4.60. The number of amides is 1. The lowest BCUT2D eigenvalue weighted by atomic mass is 10.3. The Morgan fingerprint density at radius 2 is 1.91 bits per heavy atom. The zero-order valence-corrected chi connectivity index (χ0v) is 16.1. The Hall–Kier alpha value is -1.61. The molecule has 0 fully saturated rings. The third-order valence-corrected chi connectivity index (χ3v) is 3.88. The van der Waals surface area contributed by atoms with Gasteiger partial charge in [0.2, 0.25) is 5.91 Å². The molecule has 0 aliphatic rings. The lowest BCUT2D eigenvalue weighted by Gasteiger charge is -2.11. The van der Waals surface area contributed by atoms with E-state index in [-0.39, 0.29) is 36.4 Å². The van der Waals surface area contributed by atoms with Crippen molar-refractivity contribution in [3.63, 3.8) is 0 Å². The normalized spacial score (nSPS) is 10.6. The van der Waals surface area contributed by atoms with Crippen molar-refractivity contribution in [1.82, 2.24) is 10.6 Å². The van der Waals surface area contributed by atoms with E-state index in [1.54, 1.807) is 18.4 Å². The van der Waals surface area contributed by atoms with Crippen molar-refractivity contribution in [3.05, 3.63) is 52.7 Å². The average Bonchev–Trinajstić information content (AvgIpc) is 3.05. The van der Waals surface area contributed by atoms with E-state index in [0.29, 0.717) is 5.96 Å². The minimum absolute atomic E-state index is 0. The summed E-state index contributed by atoms with van der Waals surface area (Å²) in [4.78, 5) is 17.3. The molecule has 23 heavy (non-hydrogen) atoms. The second kappa shape index (κ2) is 11.0. The summed E-state index contributed by atoms with van der Waals surface area (Å²) < 4.78 is 0. The fraction of sp³-hybridized carbons (Fsp3) is 0.250. The van der Waals surface area contributed by atoms with E-state index >= 15 is 0 Å². The van der Waals surface area contributed by atoms with Gasteiger partial charge in [0.05, 0.1) is 6.54 Å². The van der Waals surface area contributed by atoms with Gasteiger partial charge in [-0.1, -0.05) is 24.3 Å². The molecule has 124 valence electrons. The van der Waals surface area contributed by atoms with Crippen LogP contribution in [-0.4, -0.2) is 32.0 Å².